The topological polar surface area (TPSA) is 76.8 Å². The third-order valence-electron chi connectivity index (χ3n) is 2.93. The van der Waals surface area contributed by atoms with Gasteiger partial charge in [0.05, 0.1) is 19.3 Å². The molecule has 0 spiro atoms. The molecule has 2 atom stereocenters. The standard InChI is InChI=1S/C10H19N3O3/c11-10(14)9-7-13(2-4-16-9)6-8-5-12-1-3-15-8/h8-9,12H,1-7H2,(H2,11,14)/t8-,9?/m1/s1. The lowest BCUT2D eigenvalue weighted by molar-refractivity contribution is -0.136. The summed E-state index contributed by atoms with van der Waals surface area (Å²) in [5, 5.41) is 3.28. The van der Waals surface area contributed by atoms with Gasteiger partial charge in [-0.25, -0.2) is 0 Å². The number of hydrogen-bond acceptors (Lipinski definition) is 5. The monoisotopic (exact) mass is 229 g/mol. The average molecular weight is 229 g/mol. The Bertz CT molecular complexity index is 243. The van der Waals surface area contributed by atoms with E-state index in [-0.39, 0.29) is 12.0 Å². The first-order chi connectivity index (χ1) is 7.75. The molecule has 2 saturated heterocycles. The fourth-order valence-electron chi connectivity index (χ4n) is 2.07. The zero-order chi connectivity index (χ0) is 11.4. The molecule has 2 rings (SSSR count). The number of primary amides is 1. The molecule has 0 radical (unpaired) electrons. The smallest absolute Gasteiger partial charge is 0.247 e. The van der Waals surface area contributed by atoms with Crippen molar-refractivity contribution in [1.82, 2.24) is 10.2 Å². The molecule has 0 aliphatic carbocycles. The van der Waals surface area contributed by atoms with Crippen LogP contribution in [0.1, 0.15) is 0 Å². The predicted molar refractivity (Wildman–Crippen MR) is 58.0 cm³/mol. The van der Waals surface area contributed by atoms with Crippen LogP contribution in [0.4, 0.5) is 0 Å². The Morgan fingerprint density at radius 2 is 2.31 bits per heavy atom. The first kappa shape index (κ1) is 11.8. The summed E-state index contributed by atoms with van der Waals surface area (Å²) in [5.41, 5.74) is 5.23. The summed E-state index contributed by atoms with van der Waals surface area (Å²) in [6.45, 7) is 5.36. The van der Waals surface area contributed by atoms with E-state index < -0.39 is 6.10 Å². The highest BCUT2D eigenvalue weighted by molar-refractivity contribution is 5.79. The number of hydrogen-bond donors (Lipinski definition) is 2. The first-order valence-corrected chi connectivity index (χ1v) is 5.71. The summed E-state index contributed by atoms with van der Waals surface area (Å²) < 4.78 is 10.9. The molecule has 0 aromatic rings. The van der Waals surface area contributed by atoms with Crippen LogP contribution in [0, 0.1) is 0 Å². The van der Waals surface area contributed by atoms with Crippen molar-refractivity contribution in [2.45, 2.75) is 12.2 Å². The summed E-state index contributed by atoms with van der Waals surface area (Å²) in [4.78, 5) is 13.2. The van der Waals surface area contributed by atoms with Crippen LogP contribution < -0.4 is 11.1 Å². The summed E-state index contributed by atoms with van der Waals surface area (Å²) in [6, 6.07) is 0. The molecule has 0 saturated carbocycles. The lowest BCUT2D eigenvalue weighted by atomic mass is 10.2. The number of nitrogens with two attached hydrogens (primary N) is 1. The normalized spacial score (nSPS) is 32.5. The molecule has 0 aromatic carbocycles. The van der Waals surface area contributed by atoms with Gasteiger partial charge in [0.2, 0.25) is 5.91 Å². The molecule has 2 aliphatic rings. The molecule has 1 amide bonds. The van der Waals surface area contributed by atoms with Crippen LogP contribution in [0.3, 0.4) is 0 Å². The van der Waals surface area contributed by atoms with E-state index in [1.54, 1.807) is 0 Å². The maximum Gasteiger partial charge on any atom is 0.247 e. The number of nitrogens with one attached hydrogen (secondary N) is 1. The number of nitrogens with zero attached hydrogens (tertiary/aromatic N) is 1. The molecular formula is C10H19N3O3. The quantitative estimate of drug-likeness (QED) is 0.595. The van der Waals surface area contributed by atoms with Crippen LogP contribution in [0.15, 0.2) is 0 Å². The molecule has 6 heteroatoms. The van der Waals surface area contributed by atoms with E-state index in [9.17, 15) is 4.79 Å². The SMILES string of the molecule is NC(=O)C1CN(C[C@H]2CNCCO2)CCO1. The molecule has 3 N–H and O–H groups in total. The number of ether oxygens (including phenoxy) is 2. The maximum absolute atomic E-state index is 11.0. The highest BCUT2D eigenvalue weighted by Gasteiger charge is 2.26. The van der Waals surface area contributed by atoms with Gasteiger partial charge in [-0.05, 0) is 0 Å². The Labute approximate surface area is 95.1 Å². The molecule has 16 heavy (non-hydrogen) atoms. The van der Waals surface area contributed by atoms with E-state index in [2.05, 4.69) is 10.2 Å². The van der Waals surface area contributed by atoms with Gasteiger partial charge in [0.25, 0.3) is 0 Å². The minimum Gasteiger partial charge on any atom is -0.374 e. The largest absolute Gasteiger partial charge is 0.374 e. The van der Waals surface area contributed by atoms with Crippen LogP contribution >= 0.6 is 0 Å². The molecule has 2 fully saturated rings. The number of amides is 1. The van der Waals surface area contributed by atoms with Crippen LogP contribution in [0.2, 0.25) is 0 Å². The fourth-order valence-corrected chi connectivity index (χ4v) is 2.07. The second kappa shape index (κ2) is 5.58. The van der Waals surface area contributed by atoms with Crippen molar-refractivity contribution in [3.05, 3.63) is 0 Å². The first-order valence-electron chi connectivity index (χ1n) is 5.71. The van der Waals surface area contributed by atoms with Crippen molar-refractivity contribution in [1.29, 1.82) is 0 Å². The summed E-state index contributed by atoms with van der Waals surface area (Å²) in [7, 11) is 0. The van der Waals surface area contributed by atoms with Gasteiger partial charge in [-0.15, -0.1) is 0 Å². The van der Waals surface area contributed by atoms with E-state index in [4.69, 9.17) is 15.2 Å². The lowest BCUT2D eigenvalue weighted by Crippen LogP contribution is -2.52. The number of rotatable bonds is 3. The Balaban J connectivity index is 1.78. The Morgan fingerprint density at radius 1 is 1.44 bits per heavy atom. The van der Waals surface area contributed by atoms with E-state index in [1.165, 1.54) is 0 Å². The van der Waals surface area contributed by atoms with Crippen LogP contribution in [0.5, 0.6) is 0 Å². The van der Waals surface area contributed by atoms with Crippen molar-refractivity contribution in [2.24, 2.45) is 5.73 Å². The zero-order valence-electron chi connectivity index (χ0n) is 9.35. The third-order valence-corrected chi connectivity index (χ3v) is 2.93. The minimum atomic E-state index is -0.467. The zero-order valence-corrected chi connectivity index (χ0v) is 9.35. The second-order valence-electron chi connectivity index (χ2n) is 4.22. The van der Waals surface area contributed by atoms with Gasteiger partial charge >= 0.3 is 0 Å². The van der Waals surface area contributed by atoms with Gasteiger partial charge in [0.15, 0.2) is 0 Å². The van der Waals surface area contributed by atoms with E-state index in [0.29, 0.717) is 13.2 Å². The van der Waals surface area contributed by atoms with E-state index in [0.717, 1.165) is 32.8 Å². The summed E-state index contributed by atoms with van der Waals surface area (Å²) in [5.74, 6) is -0.382. The Hall–Kier alpha value is -0.690. The predicted octanol–water partition coefficient (Wildman–Crippen LogP) is -1.84. The van der Waals surface area contributed by atoms with Crippen molar-refractivity contribution in [3.63, 3.8) is 0 Å². The summed E-state index contributed by atoms with van der Waals surface area (Å²) in [6.07, 6.45) is -0.259. The minimum absolute atomic E-state index is 0.209. The highest BCUT2D eigenvalue weighted by Crippen LogP contribution is 2.07. The summed E-state index contributed by atoms with van der Waals surface area (Å²) >= 11 is 0. The van der Waals surface area contributed by atoms with Gasteiger partial charge in [0.1, 0.15) is 6.10 Å². The van der Waals surface area contributed by atoms with Gasteiger partial charge in [-0.1, -0.05) is 0 Å². The molecular weight excluding hydrogens is 210 g/mol. The Kier molecular flexibility index (Phi) is 4.11. The average Bonchev–Trinajstić information content (AvgIpc) is 2.30. The lowest BCUT2D eigenvalue weighted by Gasteiger charge is -2.35. The van der Waals surface area contributed by atoms with Gasteiger partial charge < -0.3 is 20.5 Å². The molecule has 2 heterocycles. The molecule has 92 valence electrons. The second-order valence-corrected chi connectivity index (χ2v) is 4.22. The van der Waals surface area contributed by atoms with Gasteiger partial charge in [-0.3, -0.25) is 9.69 Å². The van der Waals surface area contributed by atoms with Crippen molar-refractivity contribution < 1.29 is 14.3 Å². The fraction of sp³-hybridized carbons (Fsp3) is 0.900. The molecule has 1 unspecified atom stereocenters. The molecule has 0 aromatic heterocycles. The van der Waals surface area contributed by atoms with Crippen molar-refractivity contribution in [3.8, 4) is 0 Å². The molecule has 2 aliphatic heterocycles. The number of carbonyl (C=O) groups is 1. The molecule has 0 bridgehead atoms. The van der Waals surface area contributed by atoms with Crippen LogP contribution in [-0.4, -0.2) is 69.0 Å². The highest BCUT2D eigenvalue weighted by atomic mass is 16.5. The maximum atomic E-state index is 11.0. The van der Waals surface area contributed by atoms with Crippen molar-refractivity contribution in [2.75, 3.05) is 45.9 Å². The van der Waals surface area contributed by atoms with Crippen LogP contribution in [-0.2, 0) is 14.3 Å². The van der Waals surface area contributed by atoms with Crippen molar-refractivity contribution >= 4 is 5.91 Å². The van der Waals surface area contributed by atoms with E-state index in [1.807, 2.05) is 0 Å². The van der Waals surface area contributed by atoms with E-state index >= 15 is 0 Å². The third kappa shape index (κ3) is 3.15. The number of carbonyl (C=O) groups excluding carboxylic acids is 1. The Morgan fingerprint density at radius 3 is 3.00 bits per heavy atom. The van der Waals surface area contributed by atoms with Gasteiger partial charge in [-0.2, -0.15) is 0 Å². The number of morpholine rings is 2. The van der Waals surface area contributed by atoms with Crippen LogP contribution in [0.25, 0.3) is 0 Å². The molecule has 6 nitrogen and oxygen atoms in total. The van der Waals surface area contributed by atoms with Gasteiger partial charge in [0, 0.05) is 32.7 Å².